The molecule has 0 fully saturated rings. The lowest BCUT2D eigenvalue weighted by Gasteiger charge is -2.10. The number of nitrogens with one attached hydrogen (secondary N) is 2. The van der Waals surface area contributed by atoms with Gasteiger partial charge in [0.2, 0.25) is 0 Å². The smallest absolute Gasteiger partial charge is 0.144 e. The van der Waals surface area contributed by atoms with E-state index in [1.807, 2.05) is 20.4 Å². The molecule has 2 atom stereocenters. The van der Waals surface area contributed by atoms with E-state index in [-0.39, 0.29) is 16.8 Å². The van der Waals surface area contributed by atoms with Gasteiger partial charge in [-0.2, -0.15) is 0 Å². The van der Waals surface area contributed by atoms with Crippen LogP contribution in [0, 0.1) is 0 Å². The van der Waals surface area contributed by atoms with E-state index >= 15 is 0 Å². The summed E-state index contributed by atoms with van der Waals surface area (Å²) in [7, 11) is 3.73. The predicted octanol–water partition coefficient (Wildman–Crippen LogP) is 1.79. The second-order valence-corrected chi connectivity index (χ2v) is 6.55. The zero-order valence-electron chi connectivity index (χ0n) is 12.9. The predicted molar refractivity (Wildman–Crippen MR) is 88.2 cm³/mol. The van der Waals surface area contributed by atoms with E-state index in [0.717, 1.165) is 12.3 Å². The average Bonchev–Trinajstić information content (AvgIpc) is 2.36. The first-order chi connectivity index (χ1) is 8.92. The molecule has 0 heterocycles. The minimum atomic E-state index is 0.148. The molecule has 6 heteroatoms. The molecule has 2 unspecified atom stereocenters. The number of hydrogen-bond acceptors (Lipinski definition) is 6. The van der Waals surface area contributed by atoms with Gasteiger partial charge < -0.3 is 10.6 Å². The minimum absolute atomic E-state index is 0.148. The SMILES string of the molecule is CCSC(CNC)C(C)=O.CNC(CC(C)=O)SC. The van der Waals surface area contributed by atoms with E-state index < -0.39 is 0 Å². The van der Waals surface area contributed by atoms with Gasteiger partial charge in [0.15, 0.2) is 0 Å². The monoisotopic (exact) mass is 308 g/mol. The highest BCUT2D eigenvalue weighted by molar-refractivity contribution is 8.00. The van der Waals surface area contributed by atoms with Crippen molar-refractivity contribution < 1.29 is 9.59 Å². The Labute approximate surface area is 126 Å². The van der Waals surface area contributed by atoms with Gasteiger partial charge in [0.25, 0.3) is 0 Å². The van der Waals surface area contributed by atoms with Crippen molar-refractivity contribution in [2.75, 3.05) is 32.6 Å². The highest BCUT2D eigenvalue weighted by Crippen LogP contribution is 2.09. The third-order valence-electron chi connectivity index (χ3n) is 2.29. The van der Waals surface area contributed by atoms with Crippen LogP contribution >= 0.6 is 23.5 Å². The Morgan fingerprint density at radius 1 is 1.21 bits per heavy atom. The van der Waals surface area contributed by atoms with Crippen molar-refractivity contribution in [1.29, 1.82) is 0 Å². The fourth-order valence-corrected chi connectivity index (χ4v) is 2.83. The molecule has 0 aromatic carbocycles. The number of ketones is 2. The van der Waals surface area contributed by atoms with Crippen molar-refractivity contribution >= 4 is 35.1 Å². The third-order valence-corrected chi connectivity index (χ3v) is 4.50. The quantitative estimate of drug-likeness (QED) is 0.633. The second-order valence-electron chi connectivity index (χ2n) is 4.03. The topological polar surface area (TPSA) is 58.2 Å². The second kappa shape index (κ2) is 14.4. The van der Waals surface area contributed by atoms with Crippen molar-refractivity contribution in [2.45, 2.75) is 37.8 Å². The lowest BCUT2D eigenvalue weighted by Crippen LogP contribution is -2.27. The number of Topliss-reactive ketones (excluding diaryl/α,β-unsaturated/α-hetero) is 2. The summed E-state index contributed by atoms with van der Waals surface area (Å²) in [5, 5.41) is 6.46. The molecule has 19 heavy (non-hydrogen) atoms. The van der Waals surface area contributed by atoms with Crippen LogP contribution < -0.4 is 10.6 Å². The number of carbonyl (C=O) groups excluding carboxylic acids is 2. The molecular formula is C13H28N2O2S2. The summed E-state index contributed by atoms with van der Waals surface area (Å²) in [6.07, 6.45) is 2.61. The Morgan fingerprint density at radius 2 is 1.79 bits per heavy atom. The lowest BCUT2D eigenvalue weighted by molar-refractivity contribution is -0.117. The first kappa shape index (κ1) is 21.3. The zero-order valence-corrected chi connectivity index (χ0v) is 14.5. The molecule has 0 saturated heterocycles. The van der Waals surface area contributed by atoms with Gasteiger partial charge in [-0.15, -0.1) is 23.5 Å². The van der Waals surface area contributed by atoms with Gasteiger partial charge in [-0.3, -0.25) is 9.59 Å². The summed E-state index contributed by atoms with van der Waals surface area (Å²) < 4.78 is 0. The first-order valence-electron chi connectivity index (χ1n) is 6.38. The van der Waals surface area contributed by atoms with Gasteiger partial charge in [-0.1, -0.05) is 6.92 Å². The normalized spacial score (nSPS) is 13.2. The molecule has 2 N–H and O–H groups in total. The van der Waals surface area contributed by atoms with E-state index in [1.54, 1.807) is 37.4 Å². The van der Waals surface area contributed by atoms with Crippen LogP contribution in [0.5, 0.6) is 0 Å². The van der Waals surface area contributed by atoms with E-state index in [9.17, 15) is 9.59 Å². The molecule has 0 aromatic heterocycles. The van der Waals surface area contributed by atoms with Crippen LogP contribution in [0.3, 0.4) is 0 Å². The van der Waals surface area contributed by atoms with Crippen molar-refractivity contribution in [3.05, 3.63) is 0 Å². The largest absolute Gasteiger partial charge is 0.318 e. The molecule has 0 bridgehead atoms. The van der Waals surface area contributed by atoms with Crippen LogP contribution in [0.4, 0.5) is 0 Å². The Morgan fingerprint density at radius 3 is 2.00 bits per heavy atom. The minimum Gasteiger partial charge on any atom is -0.318 e. The van der Waals surface area contributed by atoms with Crippen molar-refractivity contribution in [3.8, 4) is 0 Å². The molecule has 0 amide bonds. The molecule has 0 spiro atoms. The maximum absolute atomic E-state index is 10.9. The average molecular weight is 309 g/mol. The fourth-order valence-electron chi connectivity index (χ4n) is 1.27. The van der Waals surface area contributed by atoms with Crippen LogP contribution in [0.15, 0.2) is 0 Å². The highest BCUT2D eigenvalue weighted by atomic mass is 32.2. The van der Waals surface area contributed by atoms with Crippen molar-refractivity contribution in [3.63, 3.8) is 0 Å². The Bertz CT molecular complexity index is 241. The van der Waals surface area contributed by atoms with E-state index in [1.165, 1.54) is 0 Å². The molecule has 0 rings (SSSR count). The Balaban J connectivity index is 0. The van der Waals surface area contributed by atoms with Gasteiger partial charge in [-0.05, 0) is 40.0 Å². The van der Waals surface area contributed by atoms with Gasteiger partial charge >= 0.3 is 0 Å². The maximum atomic E-state index is 10.9. The van der Waals surface area contributed by atoms with Gasteiger partial charge in [0, 0.05) is 13.0 Å². The van der Waals surface area contributed by atoms with Crippen LogP contribution in [0.25, 0.3) is 0 Å². The molecule has 114 valence electrons. The molecule has 0 saturated carbocycles. The number of rotatable bonds is 9. The number of hydrogen-bond donors (Lipinski definition) is 2. The lowest BCUT2D eigenvalue weighted by atomic mass is 10.3. The molecule has 0 aliphatic carbocycles. The summed E-state index contributed by atoms with van der Waals surface area (Å²) in [4.78, 5) is 21.4. The molecule has 0 radical (unpaired) electrons. The Kier molecular flexibility index (Phi) is 16.1. The van der Waals surface area contributed by atoms with Crippen molar-refractivity contribution in [1.82, 2.24) is 10.6 Å². The van der Waals surface area contributed by atoms with E-state index in [0.29, 0.717) is 11.8 Å². The third kappa shape index (κ3) is 14.2. The van der Waals surface area contributed by atoms with Crippen LogP contribution in [0.1, 0.15) is 27.2 Å². The van der Waals surface area contributed by atoms with Crippen molar-refractivity contribution in [2.24, 2.45) is 0 Å². The summed E-state index contributed by atoms with van der Waals surface area (Å²) >= 11 is 3.36. The molecule has 0 aliphatic heterocycles. The fraction of sp³-hybridized carbons (Fsp3) is 0.846. The summed E-state index contributed by atoms with van der Waals surface area (Å²) in [6.45, 7) is 6.11. The van der Waals surface area contributed by atoms with E-state index in [2.05, 4.69) is 17.6 Å². The molecular weight excluding hydrogens is 280 g/mol. The standard InChI is InChI=1S/C7H15NOS.C6H13NOS/c1-4-10-7(5-8-3)6(2)9;1-5(8)4-6(7-2)9-3/h7-8H,4-5H2,1-3H3;6-7H,4H2,1-3H3. The maximum Gasteiger partial charge on any atom is 0.144 e. The van der Waals surface area contributed by atoms with Crippen LogP contribution in [-0.4, -0.2) is 54.8 Å². The highest BCUT2D eigenvalue weighted by Gasteiger charge is 2.11. The van der Waals surface area contributed by atoms with Crippen LogP contribution in [0.2, 0.25) is 0 Å². The Hall–Kier alpha value is -0.0400. The van der Waals surface area contributed by atoms with Gasteiger partial charge in [0.1, 0.15) is 11.6 Å². The van der Waals surface area contributed by atoms with Gasteiger partial charge in [0.05, 0.1) is 10.6 Å². The molecule has 4 nitrogen and oxygen atoms in total. The first-order valence-corrected chi connectivity index (χ1v) is 8.72. The van der Waals surface area contributed by atoms with E-state index in [4.69, 9.17) is 0 Å². The van der Waals surface area contributed by atoms with Crippen LogP contribution in [-0.2, 0) is 9.59 Å². The van der Waals surface area contributed by atoms with Gasteiger partial charge in [-0.25, -0.2) is 0 Å². The summed E-state index contributed by atoms with van der Waals surface area (Å²) in [5.74, 6) is 1.51. The number of carbonyl (C=O) groups is 2. The zero-order chi connectivity index (χ0) is 15.3. The summed E-state index contributed by atoms with van der Waals surface area (Å²) in [6, 6.07) is 0. The summed E-state index contributed by atoms with van der Waals surface area (Å²) in [5.41, 5.74) is 0. The number of thioether (sulfide) groups is 2. The molecule has 0 aliphatic rings. The molecule has 0 aromatic rings.